The number of hydrogen-bond acceptors (Lipinski definition) is 6. The highest BCUT2D eigenvalue weighted by molar-refractivity contribution is 6.32. The van der Waals surface area contributed by atoms with Crippen LogP contribution in [0.25, 0.3) is 0 Å². The molecule has 0 radical (unpaired) electrons. The van der Waals surface area contributed by atoms with Crippen LogP contribution in [-0.2, 0) is 19.1 Å². The van der Waals surface area contributed by atoms with E-state index in [1.165, 1.54) is 38.2 Å². The summed E-state index contributed by atoms with van der Waals surface area (Å²) >= 11 is 5.74. The van der Waals surface area contributed by atoms with Gasteiger partial charge in [0.2, 0.25) is 0 Å². The average molecular weight is 298 g/mol. The number of phenolic OH excluding ortho intramolecular Hbond substituents is 1. The normalized spacial score (nSPS) is 17.2. The van der Waals surface area contributed by atoms with Gasteiger partial charge in [0.15, 0.2) is 5.57 Å². The number of ether oxygens (including phenoxy) is 2. The fraction of sp³-hybridized carbons (Fsp3) is 0.231. The summed E-state index contributed by atoms with van der Waals surface area (Å²) < 4.78 is 9.86. The Hall–Kier alpha value is -2.21. The second-order valence-electron chi connectivity index (χ2n) is 4.55. The molecule has 0 atom stereocenters. The zero-order chi connectivity index (χ0) is 14.9. The number of halogens is 1. The fourth-order valence-corrected chi connectivity index (χ4v) is 1.71. The predicted molar refractivity (Wildman–Crippen MR) is 71.1 cm³/mol. The zero-order valence-corrected chi connectivity index (χ0v) is 11.5. The number of nitrogens with one attached hydrogen (secondary N) is 1. The molecule has 7 heteroatoms. The Labute approximate surface area is 119 Å². The second kappa shape index (κ2) is 5.05. The second-order valence-corrected chi connectivity index (χ2v) is 4.95. The van der Waals surface area contributed by atoms with Crippen molar-refractivity contribution in [1.29, 1.82) is 0 Å². The average Bonchev–Trinajstić information content (AvgIpc) is 2.31. The molecule has 20 heavy (non-hydrogen) atoms. The molecular formula is C13H12ClNO5. The van der Waals surface area contributed by atoms with Crippen molar-refractivity contribution in [2.75, 3.05) is 5.32 Å². The van der Waals surface area contributed by atoms with Crippen LogP contribution in [0.1, 0.15) is 13.8 Å². The summed E-state index contributed by atoms with van der Waals surface area (Å²) in [6, 6.07) is 4.35. The first-order valence-corrected chi connectivity index (χ1v) is 6.08. The van der Waals surface area contributed by atoms with Crippen molar-refractivity contribution in [3.8, 4) is 5.75 Å². The maximum atomic E-state index is 11.7. The Kier molecular flexibility index (Phi) is 3.59. The van der Waals surface area contributed by atoms with Gasteiger partial charge in [-0.25, -0.2) is 9.59 Å². The fourth-order valence-electron chi connectivity index (χ4n) is 1.53. The van der Waals surface area contributed by atoms with Crippen LogP contribution >= 0.6 is 11.6 Å². The molecule has 0 spiro atoms. The van der Waals surface area contributed by atoms with Gasteiger partial charge in [-0.3, -0.25) is 0 Å². The van der Waals surface area contributed by atoms with E-state index in [2.05, 4.69) is 5.32 Å². The van der Waals surface area contributed by atoms with Crippen LogP contribution in [-0.4, -0.2) is 22.8 Å². The predicted octanol–water partition coefficient (Wildman–Crippen LogP) is 2.18. The summed E-state index contributed by atoms with van der Waals surface area (Å²) in [5.41, 5.74) is 0.235. The highest BCUT2D eigenvalue weighted by Gasteiger charge is 2.38. The zero-order valence-electron chi connectivity index (χ0n) is 10.8. The first-order valence-electron chi connectivity index (χ1n) is 5.70. The number of aromatic hydroxyl groups is 1. The Morgan fingerprint density at radius 3 is 2.40 bits per heavy atom. The van der Waals surface area contributed by atoms with Crippen molar-refractivity contribution in [1.82, 2.24) is 0 Å². The van der Waals surface area contributed by atoms with Crippen molar-refractivity contribution >= 4 is 29.2 Å². The molecular weight excluding hydrogens is 286 g/mol. The molecule has 2 rings (SSSR count). The van der Waals surface area contributed by atoms with E-state index >= 15 is 0 Å². The number of anilines is 1. The number of hydrogen-bond donors (Lipinski definition) is 2. The molecule has 0 amide bonds. The Bertz CT molecular complexity index is 587. The summed E-state index contributed by atoms with van der Waals surface area (Å²) in [5.74, 6) is -2.89. The molecule has 1 aromatic carbocycles. The summed E-state index contributed by atoms with van der Waals surface area (Å²) in [4.78, 5) is 23.3. The molecule has 106 valence electrons. The highest BCUT2D eigenvalue weighted by atomic mass is 35.5. The molecule has 0 aliphatic carbocycles. The molecule has 6 nitrogen and oxygen atoms in total. The summed E-state index contributed by atoms with van der Waals surface area (Å²) in [6.07, 6.45) is 1.17. The third kappa shape index (κ3) is 3.03. The van der Waals surface area contributed by atoms with Gasteiger partial charge in [-0.1, -0.05) is 11.6 Å². The number of benzene rings is 1. The highest BCUT2D eigenvalue weighted by Crippen LogP contribution is 2.27. The topological polar surface area (TPSA) is 84.9 Å². The maximum absolute atomic E-state index is 11.7. The van der Waals surface area contributed by atoms with E-state index in [0.717, 1.165) is 0 Å². The van der Waals surface area contributed by atoms with Crippen LogP contribution in [0, 0.1) is 0 Å². The molecule has 0 aromatic heterocycles. The first kappa shape index (κ1) is 14.2. The minimum Gasteiger partial charge on any atom is -0.506 e. The van der Waals surface area contributed by atoms with Crippen LogP contribution in [0.3, 0.4) is 0 Å². The maximum Gasteiger partial charge on any atom is 0.350 e. The number of carbonyl (C=O) groups excluding carboxylic acids is 2. The van der Waals surface area contributed by atoms with Gasteiger partial charge >= 0.3 is 11.9 Å². The van der Waals surface area contributed by atoms with Gasteiger partial charge in [0.25, 0.3) is 5.79 Å². The molecule has 1 aliphatic rings. The van der Waals surface area contributed by atoms with E-state index in [-0.39, 0.29) is 16.3 Å². The van der Waals surface area contributed by atoms with Crippen molar-refractivity contribution in [3.63, 3.8) is 0 Å². The molecule has 1 fully saturated rings. The summed E-state index contributed by atoms with van der Waals surface area (Å²) in [7, 11) is 0. The number of carbonyl (C=O) groups is 2. The SMILES string of the molecule is CC1(C)OC(=O)C(=CNc2ccc(O)c(Cl)c2)C(=O)O1. The van der Waals surface area contributed by atoms with Crippen LogP contribution in [0.4, 0.5) is 5.69 Å². The van der Waals surface area contributed by atoms with Crippen molar-refractivity contribution < 1.29 is 24.2 Å². The standard InChI is InChI=1S/C13H12ClNO5/c1-13(2)19-11(17)8(12(18)20-13)6-15-7-3-4-10(16)9(14)5-7/h3-6,15-16H,1-2H3. The lowest BCUT2D eigenvalue weighted by atomic mass is 10.2. The number of phenols is 1. The first-order chi connectivity index (χ1) is 9.28. The van der Waals surface area contributed by atoms with E-state index in [1.54, 1.807) is 0 Å². The van der Waals surface area contributed by atoms with Gasteiger partial charge in [0.05, 0.1) is 5.02 Å². The van der Waals surface area contributed by atoms with Gasteiger partial charge in [0.1, 0.15) is 5.75 Å². The summed E-state index contributed by atoms with van der Waals surface area (Å²) in [5, 5.41) is 12.1. The molecule has 0 unspecified atom stereocenters. The van der Waals surface area contributed by atoms with Gasteiger partial charge in [-0.05, 0) is 18.2 Å². The van der Waals surface area contributed by atoms with Crippen molar-refractivity contribution in [2.24, 2.45) is 0 Å². The number of cyclic esters (lactones) is 2. The lowest BCUT2D eigenvalue weighted by Gasteiger charge is -2.29. The minimum atomic E-state index is -1.27. The van der Waals surface area contributed by atoms with E-state index < -0.39 is 17.7 Å². The lowest BCUT2D eigenvalue weighted by molar-refractivity contribution is -0.222. The van der Waals surface area contributed by atoms with Gasteiger partial charge in [-0.15, -0.1) is 0 Å². The van der Waals surface area contributed by atoms with Crippen LogP contribution in [0.15, 0.2) is 30.0 Å². The Morgan fingerprint density at radius 1 is 1.25 bits per heavy atom. The van der Waals surface area contributed by atoms with Crippen LogP contribution < -0.4 is 5.32 Å². The molecule has 1 heterocycles. The van der Waals surface area contributed by atoms with Crippen molar-refractivity contribution in [2.45, 2.75) is 19.6 Å². The molecule has 1 aliphatic heterocycles. The Balaban J connectivity index is 2.17. The van der Waals surface area contributed by atoms with Crippen LogP contribution in [0.5, 0.6) is 5.75 Å². The van der Waals surface area contributed by atoms with E-state index in [0.29, 0.717) is 5.69 Å². The number of esters is 2. The molecule has 0 bridgehead atoms. The molecule has 2 N–H and O–H groups in total. The third-order valence-electron chi connectivity index (χ3n) is 2.45. The monoisotopic (exact) mass is 297 g/mol. The number of rotatable bonds is 2. The van der Waals surface area contributed by atoms with Crippen LogP contribution in [0.2, 0.25) is 5.02 Å². The Morgan fingerprint density at radius 2 is 1.85 bits per heavy atom. The van der Waals surface area contributed by atoms with Crippen molar-refractivity contribution in [3.05, 3.63) is 35.0 Å². The van der Waals surface area contributed by atoms with Gasteiger partial charge in [0, 0.05) is 25.7 Å². The molecule has 1 aromatic rings. The van der Waals surface area contributed by atoms with Gasteiger partial charge < -0.3 is 19.9 Å². The van der Waals surface area contributed by atoms with E-state index in [9.17, 15) is 14.7 Å². The van der Waals surface area contributed by atoms with Gasteiger partial charge in [-0.2, -0.15) is 0 Å². The largest absolute Gasteiger partial charge is 0.506 e. The minimum absolute atomic E-state index is 0.0666. The van der Waals surface area contributed by atoms with E-state index in [4.69, 9.17) is 21.1 Å². The quantitative estimate of drug-likeness (QED) is 0.377. The third-order valence-corrected chi connectivity index (χ3v) is 2.75. The molecule has 0 saturated carbocycles. The lowest BCUT2D eigenvalue weighted by Crippen LogP contribution is -2.42. The molecule has 1 saturated heterocycles. The van der Waals surface area contributed by atoms with E-state index in [1.807, 2.05) is 0 Å². The smallest absolute Gasteiger partial charge is 0.350 e. The summed E-state index contributed by atoms with van der Waals surface area (Å²) in [6.45, 7) is 2.93.